The van der Waals surface area contributed by atoms with Gasteiger partial charge in [0.05, 0.1) is 38.1 Å². The number of aromatic nitrogens is 2. The predicted molar refractivity (Wildman–Crippen MR) is 159 cm³/mol. The molecule has 0 spiro atoms. The summed E-state index contributed by atoms with van der Waals surface area (Å²) >= 11 is 5.93. The van der Waals surface area contributed by atoms with Crippen molar-refractivity contribution in [2.45, 2.75) is 25.9 Å². The van der Waals surface area contributed by atoms with Crippen molar-refractivity contribution in [3.05, 3.63) is 102 Å². The second-order valence-corrected chi connectivity index (χ2v) is 10.4. The summed E-state index contributed by atoms with van der Waals surface area (Å²) in [6.45, 7) is 7.77. The van der Waals surface area contributed by atoms with Crippen molar-refractivity contribution < 1.29 is 9.47 Å². The fourth-order valence-electron chi connectivity index (χ4n) is 5.81. The third-order valence-corrected chi connectivity index (χ3v) is 8.04. The lowest BCUT2D eigenvalue weighted by atomic mass is 9.96. The molecule has 2 aromatic heterocycles. The minimum Gasteiger partial charge on any atom is -0.497 e. The average molecular weight is 540 g/mol. The van der Waals surface area contributed by atoms with Gasteiger partial charge in [-0.3, -0.25) is 4.98 Å². The van der Waals surface area contributed by atoms with E-state index < -0.39 is 0 Å². The molecule has 7 nitrogen and oxygen atoms in total. The number of aryl methyl sites for hydroxylation is 1. The molecule has 1 N–H and O–H groups in total. The lowest BCUT2D eigenvalue weighted by Gasteiger charge is -2.29. The molecule has 2 saturated heterocycles. The maximum atomic E-state index is 5.93. The fourth-order valence-corrected chi connectivity index (χ4v) is 6.16. The molecule has 2 aliphatic rings. The van der Waals surface area contributed by atoms with E-state index in [4.69, 9.17) is 26.7 Å². The molecule has 4 heterocycles. The Morgan fingerprint density at radius 1 is 0.923 bits per heavy atom. The predicted octanol–water partition coefficient (Wildman–Crippen LogP) is 5.51. The molecule has 2 fully saturated rings. The van der Waals surface area contributed by atoms with Crippen molar-refractivity contribution in [3.8, 4) is 11.4 Å². The molecule has 0 aliphatic carbocycles. The summed E-state index contributed by atoms with van der Waals surface area (Å²) in [5.74, 6) is 0.813. The van der Waals surface area contributed by atoms with Gasteiger partial charge in [0.15, 0.2) is 5.11 Å². The maximum Gasteiger partial charge on any atom is 0.174 e. The second-order valence-electron chi connectivity index (χ2n) is 9.97. The quantitative estimate of drug-likeness (QED) is 0.324. The van der Waals surface area contributed by atoms with Crippen LogP contribution in [0.25, 0.3) is 5.69 Å². The molecule has 200 valence electrons. The van der Waals surface area contributed by atoms with Crippen LogP contribution in [0.5, 0.6) is 5.75 Å². The van der Waals surface area contributed by atoms with E-state index in [1.807, 2.05) is 30.5 Å². The molecule has 4 aromatic rings. The van der Waals surface area contributed by atoms with E-state index in [0.29, 0.717) is 5.11 Å². The number of hydrogen-bond donors (Lipinski definition) is 1. The highest BCUT2D eigenvalue weighted by Gasteiger charge is 2.42. The summed E-state index contributed by atoms with van der Waals surface area (Å²) in [5, 5.41) is 4.26. The van der Waals surface area contributed by atoms with Crippen LogP contribution in [0.15, 0.2) is 79.0 Å². The Morgan fingerprint density at radius 2 is 1.62 bits per heavy atom. The SMILES string of the molecule is COc1ccc(N2C(=S)N[C@H](c3ccccn3)[C@@H]2c2cc(C)n(-c3ccc(N4CCOCC4)cc3)c2C)cc1. The molecular weight excluding hydrogens is 506 g/mol. The molecule has 2 aromatic carbocycles. The zero-order valence-corrected chi connectivity index (χ0v) is 23.3. The topological polar surface area (TPSA) is 54.8 Å². The molecule has 2 atom stereocenters. The minimum atomic E-state index is -0.0987. The second kappa shape index (κ2) is 10.7. The van der Waals surface area contributed by atoms with Crippen LogP contribution in [0.1, 0.15) is 34.7 Å². The van der Waals surface area contributed by atoms with Crippen LogP contribution in [0.4, 0.5) is 11.4 Å². The number of rotatable bonds is 6. The van der Waals surface area contributed by atoms with E-state index in [9.17, 15) is 0 Å². The van der Waals surface area contributed by atoms with E-state index >= 15 is 0 Å². The lowest BCUT2D eigenvalue weighted by molar-refractivity contribution is 0.122. The van der Waals surface area contributed by atoms with Crippen LogP contribution in [0, 0.1) is 13.8 Å². The van der Waals surface area contributed by atoms with Gasteiger partial charge in [-0.05, 0) is 98.4 Å². The van der Waals surface area contributed by atoms with Gasteiger partial charge in [0.2, 0.25) is 0 Å². The molecule has 6 rings (SSSR count). The number of ether oxygens (including phenoxy) is 2. The van der Waals surface area contributed by atoms with Crippen molar-refractivity contribution in [1.82, 2.24) is 14.9 Å². The minimum absolute atomic E-state index is 0.0756. The van der Waals surface area contributed by atoms with E-state index in [2.05, 4.69) is 82.1 Å². The highest BCUT2D eigenvalue weighted by molar-refractivity contribution is 7.80. The van der Waals surface area contributed by atoms with E-state index in [0.717, 1.165) is 49.1 Å². The van der Waals surface area contributed by atoms with Crippen molar-refractivity contribution in [2.24, 2.45) is 0 Å². The molecule has 8 heteroatoms. The summed E-state index contributed by atoms with van der Waals surface area (Å²) in [7, 11) is 1.68. The Morgan fingerprint density at radius 3 is 2.28 bits per heavy atom. The first kappa shape index (κ1) is 25.4. The zero-order chi connectivity index (χ0) is 26.9. The smallest absolute Gasteiger partial charge is 0.174 e. The van der Waals surface area contributed by atoms with Crippen molar-refractivity contribution in [3.63, 3.8) is 0 Å². The van der Waals surface area contributed by atoms with Crippen LogP contribution in [0.2, 0.25) is 0 Å². The van der Waals surface area contributed by atoms with Gasteiger partial charge < -0.3 is 29.2 Å². The summed E-state index contributed by atoms with van der Waals surface area (Å²) < 4.78 is 13.3. The van der Waals surface area contributed by atoms with Gasteiger partial charge in [-0.1, -0.05) is 6.07 Å². The Bertz CT molecular complexity index is 1450. The van der Waals surface area contributed by atoms with Gasteiger partial charge in [0.1, 0.15) is 5.75 Å². The fraction of sp³-hybridized carbons (Fsp3) is 0.290. The van der Waals surface area contributed by atoms with Crippen molar-refractivity contribution in [1.29, 1.82) is 0 Å². The third-order valence-electron chi connectivity index (χ3n) is 7.72. The van der Waals surface area contributed by atoms with E-state index in [1.54, 1.807) is 7.11 Å². The Balaban J connectivity index is 1.41. The first-order valence-corrected chi connectivity index (χ1v) is 13.7. The molecular formula is C31H33N5O2S. The number of anilines is 2. The molecule has 0 bridgehead atoms. The standard InChI is InChI=1S/C31H33N5O2S/c1-21-20-27(22(2)35(21)24-9-7-23(8-10-24)34-16-18-38-19-17-34)30-29(28-6-4-5-15-32-28)33-31(39)36(30)25-11-13-26(37-3)14-12-25/h4-15,20,29-30H,16-19H2,1-3H3,(H,33,39)/t29-,30+/m1/s1. The van der Waals surface area contributed by atoms with Gasteiger partial charge in [0, 0.05) is 47.7 Å². The Kier molecular flexibility index (Phi) is 6.97. The highest BCUT2D eigenvalue weighted by Crippen LogP contribution is 2.44. The van der Waals surface area contributed by atoms with E-state index in [1.165, 1.54) is 22.6 Å². The van der Waals surface area contributed by atoms with Gasteiger partial charge in [-0.15, -0.1) is 0 Å². The first-order chi connectivity index (χ1) is 19.0. The van der Waals surface area contributed by atoms with Gasteiger partial charge in [0.25, 0.3) is 0 Å². The van der Waals surface area contributed by atoms with Crippen LogP contribution < -0.4 is 19.9 Å². The highest BCUT2D eigenvalue weighted by atomic mass is 32.1. The van der Waals surface area contributed by atoms with Crippen molar-refractivity contribution >= 4 is 28.7 Å². The largest absolute Gasteiger partial charge is 0.497 e. The summed E-state index contributed by atoms with van der Waals surface area (Å²) in [6.07, 6.45) is 1.84. The monoisotopic (exact) mass is 539 g/mol. The number of thiocarbonyl (C=S) groups is 1. The molecule has 0 saturated carbocycles. The van der Waals surface area contributed by atoms with Crippen molar-refractivity contribution in [2.75, 3.05) is 43.2 Å². The third kappa shape index (κ3) is 4.75. The number of morpholine rings is 1. The first-order valence-electron chi connectivity index (χ1n) is 13.3. The summed E-state index contributed by atoms with van der Waals surface area (Å²) in [5.41, 5.74) is 7.92. The Hall–Kier alpha value is -3.88. The number of nitrogens with zero attached hydrogens (tertiary/aromatic N) is 4. The van der Waals surface area contributed by atoms with Crippen LogP contribution in [0.3, 0.4) is 0 Å². The Labute approximate surface area is 235 Å². The van der Waals surface area contributed by atoms with Crippen LogP contribution in [-0.4, -0.2) is 48.1 Å². The zero-order valence-electron chi connectivity index (χ0n) is 22.5. The number of methoxy groups -OCH3 is 1. The average Bonchev–Trinajstić information content (AvgIpc) is 3.48. The van der Waals surface area contributed by atoms with E-state index in [-0.39, 0.29) is 12.1 Å². The number of benzene rings is 2. The van der Waals surface area contributed by atoms with Gasteiger partial charge >= 0.3 is 0 Å². The molecule has 2 aliphatic heterocycles. The summed E-state index contributed by atoms with van der Waals surface area (Å²) in [4.78, 5) is 9.30. The normalized spacial score (nSPS) is 19.3. The molecule has 0 radical (unpaired) electrons. The van der Waals surface area contributed by atoms with Gasteiger partial charge in [-0.2, -0.15) is 0 Å². The summed E-state index contributed by atoms with van der Waals surface area (Å²) in [6, 6.07) is 25.1. The number of nitrogens with one attached hydrogen (secondary N) is 1. The van der Waals surface area contributed by atoms with Crippen LogP contribution >= 0.6 is 12.2 Å². The molecule has 39 heavy (non-hydrogen) atoms. The lowest BCUT2D eigenvalue weighted by Crippen LogP contribution is -2.36. The molecule has 0 amide bonds. The number of hydrogen-bond acceptors (Lipinski definition) is 5. The molecule has 0 unspecified atom stereocenters. The van der Waals surface area contributed by atoms with Gasteiger partial charge in [-0.25, -0.2) is 0 Å². The number of pyridine rings is 1. The van der Waals surface area contributed by atoms with Crippen LogP contribution in [-0.2, 0) is 4.74 Å². The maximum absolute atomic E-state index is 5.93.